The highest BCUT2D eigenvalue weighted by Gasteiger charge is 2.00. The molecular formula is C13H24N2. The zero-order valence-electron chi connectivity index (χ0n) is 10.7. The van der Waals surface area contributed by atoms with Crippen molar-refractivity contribution in [3.05, 3.63) is 36.1 Å². The van der Waals surface area contributed by atoms with E-state index in [9.17, 15) is 0 Å². The van der Waals surface area contributed by atoms with Gasteiger partial charge >= 0.3 is 0 Å². The molecule has 0 aromatic carbocycles. The number of likely N-dealkylation sites (N-methyl/N-ethyl adjacent to an activating group) is 2. The van der Waals surface area contributed by atoms with Crippen LogP contribution < -0.4 is 0 Å². The van der Waals surface area contributed by atoms with Gasteiger partial charge in [0, 0.05) is 25.8 Å². The van der Waals surface area contributed by atoms with Crippen LogP contribution in [0.4, 0.5) is 0 Å². The molecule has 86 valence electrons. The lowest BCUT2D eigenvalue weighted by Gasteiger charge is -2.22. The van der Waals surface area contributed by atoms with Crippen LogP contribution in [-0.4, -0.2) is 44.0 Å². The monoisotopic (exact) mass is 208 g/mol. The van der Waals surface area contributed by atoms with Gasteiger partial charge in [-0.2, -0.15) is 0 Å². The first-order chi connectivity index (χ1) is 6.97. The molecule has 2 heteroatoms. The van der Waals surface area contributed by atoms with E-state index < -0.39 is 0 Å². The fraction of sp³-hybridized carbons (Fsp3) is 0.538. The van der Waals surface area contributed by atoms with E-state index in [-0.39, 0.29) is 0 Å². The van der Waals surface area contributed by atoms with Crippen LogP contribution in [0.1, 0.15) is 13.8 Å². The van der Waals surface area contributed by atoms with Gasteiger partial charge in [0.05, 0.1) is 0 Å². The van der Waals surface area contributed by atoms with Crippen LogP contribution in [0.5, 0.6) is 0 Å². The number of hydrogen-bond acceptors (Lipinski definition) is 2. The fourth-order valence-electron chi connectivity index (χ4n) is 1.15. The van der Waals surface area contributed by atoms with Crippen LogP contribution in [0.15, 0.2) is 36.1 Å². The molecule has 0 aliphatic rings. The second-order valence-electron chi connectivity index (χ2n) is 4.12. The first kappa shape index (κ1) is 14.0. The summed E-state index contributed by atoms with van der Waals surface area (Å²) < 4.78 is 0. The normalized spacial score (nSPS) is 12.5. The van der Waals surface area contributed by atoms with Gasteiger partial charge in [0.1, 0.15) is 0 Å². The van der Waals surface area contributed by atoms with Crippen molar-refractivity contribution in [2.75, 3.05) is 34.2 Å². The molecule has 0 radical (unpaired) electrons. The van der Waals surface area contributed by atoms with Gasteiger partial charge < -0.3 is 9.80 Å². The van der Waals surface area contributed by atoms with Crippen molar-refractivity contribution in [2.45, 2.75) is 13.8 Å². The maximum Gasteiger partial charge on any atom is 0.0320 e. The molecule has 0 aliphatic carbocycles. The summed E-state index contributed by atoms with van der Waals surface area (Å²) in [6.45, 7) is 10.0. The van der Waals surface area contributed by atoms with E-state index >= 15 is 0 Å². The molecular weight excluding hydrogens is 184 g/mol. The average molecular weight is 208 g/mol. The molecule has 0 amide bonds. The second kappa shape index (κ2) is 7.30. The summed E-state index contributed by atoms with van der Waals surface area (Å²) in [5.41, 5.74) is 2.32. The molecule has 0 saturated heterocycles. The van der Waals surface area contributed by atoms with Crippen molar-refractivity contribution in [1.82, 2.24) is 9.80 Å². The van der Waals surface area contributed by atoms with E-state index in [2.05, 4.69) is 56.6 Å². The first-order valence-corrected chi connectivity index (χ1v) is 5.33. The van der Waals surface area contributed by atoms with Crippen molar-refractivity contribution in [2.24, 2.45) is 0 Å². The van der Waals surface area contributed by atoms with Crippen LogP contribution in [0.3, 0.4) is 0 Å². The third kappa shape index (κ3) is 6.97. The zero-order chi connectivity index (χ0) is 11.8. The molecule has 0 aliphatic heterocycles. The lowest BCUT2D eigenvalue weighted by Crippen LogP contribution is -2.27. The summed E-state index contributed by atoms with van der Waals surface area (Å²) in [6.07, 6.45) is 6.27. The van der Waals surface area contributed by atoms with Crippen molar-refractivity contribution in [3.63, 3.8) is 0 Å². The molecule has 0 unspecified atom stereocenters. The van der Waals surface area contributed by atoms with Gasteiger partial charge in [-0.3, -0.25) is 0 Å². The SMILES string of the molecule is C=C(C)/C=C\C(=C/C)N(C)CCN(C)C. The molecule has 0 fully saturated rings. The molecule has 0 heterocycles. The average Bonchev–Trinajstić information content (AvgIpc) is 2.15. The molecule has 0 rings (SSSR count). The minimum absolute atomic E-state index is 1.03. The van der Waals surface area contributed by atoms with E-state index in [0.29, 0.717) is 0 Å². The largest absolute Gasteiger partial charge is 0.374 e. The maximum absolute atomic E-state index is 3.85. The molecule has 0 bridgehead atoms. The Hall–Kier alpha value is -1.02. The Morgan fingerprint density at radius 2 is 1.73 bits per heavy atom. The van der Waals surface area contributed by atoms with Gasteiger partial charge in [-0.15, -0.1) is 0 Å². The Morgan fingerprint density at radius 3 is 2.13 bits per heavy atom. The molecule has 0 atom stereocenters. The van der Waals surface area contributed by atoms with E-state index in [0.717, 1.165) is 18.7 Å². The molecule has 15 heavy (non-hydrogen) atoms. The summed E-state index contributed by atoms with van der Waals surface area (Å²) in [7, 11) is 6.29. The number of rotatable bonds is 6. The molecule has 0 spiro atoms. The topological polar surface area (TPSA) is 6.48 Å². The number of nitrogens with zero attached hydrogens (tertiary/aromatic N) is 2. The highest BCUT2D eigenvalue weighted by molar-refractivity contribution is 5.23. The summed E-state index contributed by atoms with van der Waals surface area (Å²) >= 11 is 0. The molecule has 0 aromatic heterocycles. The summed E-state index contributed by atoms with van der Waals surface area (Å²) in [5, 5.41) is 0. The zero-order valence-corrected chi connectivity index (χ0v) is 10.7. The van der Waals surface area contributed by atoms with Gasteiger partial charge in [0.2, 0.25) is 0 Å². The first-order valence-electron chi connectivity index (χ1n) is 5.33. The van der Waals surface area contributed by atoms with Crippen LogP contribution in [0.2, 0.25) is 0 Å². The van der Waals surface area contributed by atoms with E-state index in [4.69, 9.17) is 0 Å². The fourth-order valence-corrected chi connectivity index (χ4v) is 1.15. The van der Waals surface area contributed by atoms with E-state index in [1.54, 1.807) is 0 Å². The molecule has 0 N–H and O–H groups in total. The van der Waals surface area contributed by atoms with E-state index in [1.165, 1.54) is 5.70 Å². The van der Waals surface area contributed by atoms with Crippen LogP contribution in [0.25, 0.3) is 0 Å². The Labute approximate surface area is 94.6 Å². The summed E-state index contributed by atoms with van der Waals surface area (Å²) in [5.74, 6) is 0. The van der Waals surface area contributed by atoms with Crippen molar-refractivity contribution in [3.8, 4) is 0 Å². The van der Waals surface area contributed by atoms with Crippen LogP contribution in [0, 0.1) is 0 Å². The maximum atomic E-state index is 3.85. The van der Waals surface area contributed by atoms with Gasteiger partial charge in [-0.1, -0.05) is 24.3 Å². The summed E-state index contributed by atoms with van der Waals surface area (Å²) in [4.78, 5) is 4.44. The molecule has 2 nitrogen and oxygen atoms in total. The van der Waals surface area contributed by atoms with Crippen molar-refractivity contribution >= 4 is 0 Å². The minimum atomic E-state index is 1.03. The van der Waals surface area contributed by atoms with Crippen molar-refractivity contribution in [1.29, 1.82) is 0 Å². The quantitative estimate of drug-likeness (QED) is 0.619. The highest BCUT2D eigenvalue weighted by Crippen LogP contribution is 2.05. The Kier molecular flexibility index (Phi) is 6.80. The second-order valence-corrected chi connectivity index (χ2v) is 4.12. The predicted molar refractivity (Wildman–Crippen MR) is 68.9 cm³/mol. The van der Waals surface area contributed by atoms with Gasteiger partial charge in [-0.25, -0.2) is 0 Å². The van der Waals surface area contributed by atoms with Gasteiger partial charge in [0.15, 0.2) is 0 Å². The standard InChI is InChI=1S/C13H24N2/c1-7-13(9-8-12(2)3)15(6)11-10-14(4)5/h7-9H,2,10-11H2,1,3-6H3/b9-8-,13-7+. The number of allylic oxidation sites excluding steroid dienone is 4. The highest BCUT2D eigenvalue weighted by atomic mass is 15.2. The Bertz CT molecular complexity index is 249. The lowest BCUT2D eigenvalue weighted by molar-refractivity contribution is 0.330. The molecule has 0 saturated carbocycles. The smallest absolute Gasteiger partial charge is 0.0320 e. The van der Waals surface area contributed by atoms with Crippen LogP contribution >= 0.6 is 0 Å². The lowest BCUT2D eigenvalue weighted by atomic mass is 10.2. The van der Waals surface area contributed by atoms with E-state index in [1.807, 2.05) is 13.0 Å². The Morgan fingerprint density at radius 1 is 1.13 bits per heavy atom. The van der Waals surface area contributed by atoms with Crippen molar-refractivity contribution < 1.29 is 0 Å². The summed E-state index contributed by atoms with van der Waals surface area (Å²) in [6, 6.07) is 0. The molecule has 0 aromatic rings. The van der Waals surface area contributed by atoms with Gasteiger partial charge in [0.25, 0.3) is 0 Å². The number of hydrogen-bond donors (Lipinski definition) is 0. The van der Waals surface area contributed by atoms with Gasteiger partial charge in [-0.05, 0) is 34.0 Å². The Balaban J connectivity index is 4.24. The third-order valence-corrected chi connectivity index (χ3v) is 2.16. The third-order valence-electron chi connectivity index (χ3n) is 2.16. The van der Waals surface area contributed by atoms with Crippen LogP contribution in [-0.2, 0) is 0 Å². The predicted octanol–water partition coefficient (Wildman–Crippen LogP) is 2.52. The minimum Gasteiger partial charge on any atom is -0.374 e.